The molecule has 2 atom stereocenters. The average Bonchev–Trinajstić information content (AvgIpc) is 2.54. The van der Waals surface area contributed by atoms with E-state index >= 15 is 0 Å². The Morgan fingerprint density at radius 2 is 1.82 bits per heavy atom. The molecule has 118 valence electrons. The first kappa shape index (κ1) is 15.3. The van der Waals surface area contributed by atoms with Gasteiger partial charge in [-0.3, -0.25) is 4.90 Å². The van der Waals surface area contributed by atoms with E-state index in [1.165, 1.54) is 5.56 Å². The Morgan fingerprint density at radius 1 is 1.14 bits per heavy atom. The second-order valence-corrected chi connectivity index (χ2v) is 6.45. The topological polar surface area (TPSA) is 58.5 Å². The van der Waals surface area contributed by atoms with Gasteiger partial charge in [-0.15, -0.1) is 0 Å². The lowest BCUT2D eigenvalue weighted by Crippen LogP contribution is -2.66. The van der Waals surface area contributed by atoms with Crippen molar-refractivity contribution in [2.45, 2.75) is 18.0 Å². The highest BCUT2D eigenvalue weighted by Gasteiger charge is 2.43. The largest absolute Gasteiger partial charge is 0.401 e. The molecule has 0 aromatic heterocycles. The quantitative estimate of drug-likeness (QED) is 0.872. The van der Waals surface area contributed by atoms with Crippen LogP contribution < -0.4 is 11.5 Å². The van der Waals surface area contributed by atoms with E-state index in [1.54, 1.807) is 0 Å². The molecular formula is C18H26N4. The number of hydrogen-bond donors (Lipinski definition) is 2. The summed E-state index contributed by atoms with van der Waals surface area (Å²) in [4.78, 5) is 4.88. The van der Waals surface area contributed by atoms with E-state index in [4.69, 9.17) is 11.5 Å². The van der Waals surface area contributed by atoms with Crippen molar-refractivity contribution in [2.75, 3.05) is 33.2 Å². The Balaban J connectivity index is 1.92. The van der Waals surface area contributed by atoms with Gasteiger partial charge in [0, 0.05) is 31.9 Å². The molecule has 2 aliphatic rings. The minimum atomic E-state index is -0.221. The molecule has 1 saturated heterocycles. The molecule has 0 spiro atoms. The Kier molecular flexibility index (Phi) is 4.34. The molecule has 1 aromatic rings. The normalized spacial score (nSPS) is 30.3. The van der Waals surface area contributed by atoms with Gasteiger partial charge in [0.1, 0.15) is 0 Å². The smallest absolute Gasteiger partial charge is 0.0669 e. The summed E-state index contributed by atoms with van der Waals surface area (Å²) < 4.78 is 0. The van der Waals surface area contributed by atoms with Crippen molar-refractivity contribution < 1.29 is 0 Å². The second kappa shape index (κ2) is 6.24. The van der Waals surface area contributed by atoms with Crippen molar-refractivity contribution in [3.8, 4) is 0 Å². The Hall–Kier alpha value is -1.62. The number of hydrogen-bond acceptors (Lipinski definition) is 4. The van der Waals surface area contributed by atoms with Gasteiger partial charge in [-0.25, -0.2) is 0 Å². The summed E-state index contributed by atoms with van der Waals surface area (Å²) in [6, 6.07) is 10.4. The number of likely N-dealkylation sites (N-methyl/N-ethyl adjacent to an activating group) is 1. The maximum absolute atomic E-state index is 6.57. The predicted octanol–water partition coefficient (Wildman–Crippen LogP) is 0.955. The van der Waals surface area contributed by atoms with Gasteiger partial charge in [0.15, 0.2) is 0 Å². The maximum Gasteiger partial charge on any atom is 0.0669 e. The number of rotatable bonds is 3. The van der Waals surface area contributed by atoms with Crippen LogP contribution in [-0.2, 0) is 6.42 Å². The van der Waals surface area contributed by atoms with Gasteiger partial charge in [0.05, 0.1) is 11.6 Å². The van der Waals surface area contributed by atoms with E-state index in [1.807, 2.05) is 6.08 Å². The first-order valence-electron chi connectivity index (χ1n) is 8.00. The van der Waals surface area contributed by atoms with Crippen molar-refractivity contribution in [2.24, 2.45) is 11.5 Å². The van der Waals surface area contributed by atoms with Gasteiger partial charge in [-0.05, 0) is 25.1 Å². The summed E-state index contributed by atoms with van der Waals surface area (Å²) >= 11 is 0. The molecule has 0 bridgehead atoms. The Bertz CT molecular complexity index is 558. The number of nitrogens with two attached hydrogens (primary N) is 2. The fourth-order valence-electron chi connectivity index (χ4n) is 3.55. The fraction of sp³-hybridized carbons (Fsp3) is 0.444. The van der Waals surface area contributed by atoms with Gasteiger partial charge in [0.25, 0.3) is 0 Å². The molecule has 4 N–H and O–H groups in total. The van der Waals surface area contributed by atoms with Crippen LogP contribution in [0.4, 0.5) is 0 Å². The first-order valence-corrected chi connectivity index (χ1v) is 8.00. The molecule has 2 unspecified atom stereocenters. The highest BCUT2D eigenvalue weighted by Crippen LogP contribution is 2.31. The molecule has 0 saturated carbocycles. The number of piperazine rings is 1. The van der Waals surface area contributed by atoms with Gasteiger partial charge in [0.2, 0.25) is 0 Å². The maximum atomic E-state index is 6.57. The van der Waals surface area contributed by atoms with E-state index in [2.05, 4.69) is 59.3 Å². The van der Waals surface area contributed by atoms with E-state index in [0.717, 1.165) is 38.3 Å². The number of allylic oxidation sites excluding steroid dienone is 2. The summed E-state index contributed by atoms with van der Waals surface area (Å²) in [5, 5.41) is 0. The molecule has 1 fully saturated rings. The van der Waals surface area contributed by atoms with Gasteiger partial charge < -0.3 is 16.4 Å². The third-order valence-electron chi connectivity index (χ3n) is 4.99. The van der Waals surface area contributed by atoms with E-state index in [9.17, 15) is 0 Å². The minimum Gasteiger partial charge on any atom is -0.401 e. The molecule has 4 nitrogen and oxygen atoms in total. The zero-order chi connectivity index (χ0) is 15.6. The summed E-state index contributed by atoms with van der Waals surface area (Å²) in [7, 11) is 2.17. The number of nitrogens with zero attached hydrogens (tertiary/aromatic N) is 2. The lowest BCUT2D eigenvalue weighted by molar-refractivity contribution is 0.0579. The predicted molar refractivity (Wildman–Crippen MR) is 91.3 cm³/mol. The van der Waals surface area contributed by atoms with E-state index < -0.39 is 0 Å². The van der Waals surface area contributed by atoms with Crippen molar-refractivity contribution >= 4 is 0 Å². The van der Waals surface area contributed by atoms with Crippen LogP contribution in [0.25, 0.3) is 0 Å². The van der Waals surface area contributed by atoms with Gasteiger partial charge >= 0.3 is 0 Å². The standard InChI is InChI=1S/C18H26N4/c1-21-10-12-22(13-11-21)18(9-5-8-16(19)17(18)20)14-15-6-3-2-4-7-15/h2-9,17H,10-14,19-20H2,1H3. The van der Waals surface area contributed by atoms with Gasteiger partial charge in [-0.2, -0.15) is 0 Å². The van der Waals surface area contributed by atoms with Crippen LogP contribution in [0.3, 0.4) is 0 Å². The van der Waals surface area contributed by atoms with Crippen LogP contribution in [0.2, 0.25) is 0 Å². The molecule has 1 aliphatic carbocycles. The van der Waals surface area contributed by atoms with Crippen molar-refractivity contribution in [3.63, 3.8) is 0 Å². The fourth-order valence-corrected chi connectivity index (χ4v) is 3.55. The van der Waals surface area contributed by atoms with Crippen LogP contribution in [-0.4, -0.2) is 54.6 Å². The first-order chi connectivity index (χ1) is 10.6. The van der Waals surface area contributed by atoms with Crippen molar-refractivity contribution in [1.29, 1.82) is 0 Å². The van der Waals surface area contributed by atoms with E-state index in [-0.39, 0.29) is 11.6 Å². The summed E-state index contributed by atoms with van der Waals surface area (Å²) in [6.07, 6.45) is 7.15. The average molecular weight is 298 g/mol. The Labute approximate surface area is 133 Å². The van der Waals surface area contributed by atoms with Crippen LogP contribution >= 0.6 is 0 Å². The summed E-state index contributed by atoms with van der Waals surface area (Å²) in [5.74, 6) is 0. The highest BCUT2D eigenvalue weighted by molar-refractivity contribution is 5.35. The minimum absolute atomic E-state index is 0.166. The highest BCUT2D eigenvalue weighted by atomic mass is 15.3. The SMILES string of the molecule is CN1CCN(C2(Cc3ccccc3)C=CC=C(N)C2N)CC1. The zero-order valence-corrected chi connectivity index (χ0v) is 13.3. The molecular weight excluding hydrogens is 272 g/mol. The van der Waals surface area contributed by atoms with Gasteiger partial charge in [-0.1, -0.05) is 42.5 Å². The second-order valence-electron chi connectivity index (χ2n) is 6.45. The third-order valence-corrected chi connectivity index (χ3v) is 4.99. The molecule has 4 heteroatoms. The number of benzene rings is 1. The molecule has 1 aromatic carbocycles. The third kappa shape index (κ3) is 2.82. The van der Waals surface area contributed by atoms with Crippen molar-refractivity contribution in [3.05, 3.63) is 59.8 Å². The molecule has 0 radical (unpaired) electrons. The Morgan fingerprint density at radius 3 is 2.50 bits per heavy atom. The summed E-state index contributed by atoms with van der Waals surface area (Å²) in [5.41, 5.74) is 14.6. The molecule has 0 amide bonds. The van der Waals surface area contributed by atoms with Crippen molar-refractivity contribution in [1.82, 2.24) is 9.80 Å². The van der Waals surface area contributed by atoms with E-state index in [0.29, 0.717) is 0 Å². The lowest BCUT2D eigenvalue weighted by Gasteiger charge is -2.50. The molecule has 22 heavy (non-hydrogen) atoms. The summed E-state index contributed by atoms with van der Waals surface area (Å²) in [6.45, 7) is 4.19. The lowest BCUT2D eigenvalue weighted by atomic mass is 9.77. The molecule has 1 heterocycles. The molecule has 3 rings (SSSR count). The van der Waals surface area contributed by atoms with Crippen LogP contribution in [0.15, 0.2) is 54.3 Å². The monoisotopic (exact) mass is 298 g/mol. The molecule has 1 aliphatic heterocycles. The zero-order valence-electron chi connectivity index (χ0n) is 13.3. The van der Waals surface area contributed by atoms with Crippen LogP contribution in [0, 0.1) is 0 Å². The van der Waals surface area contributed by atoms with Crippen LogP contribution in [0.1, 0.15) is 5.56 Å². The van der Waals surface area contributed by atoms with Crippen LogP contribution in [0.5, 0.6) is 0 Å².